The predicted molar refractivity (Wildman–Crippen MR) is 88.4 cm³/mol. The number of benzene rings is 1. The number of carbonyl (C=O) groups is 2. The average molecular weight is 349 g/mol. The van der Waals surface area contributed by atoms with Gasteiger partial charge in [-0.3, -0.25) is 9.59 Å². The highest BCUT2D eigenvalue weighted by Crippen LogP contribution is 2.37. The predicted octanol–water partition coefficient (Wildman–Crippen LogP) is -1.43. The number of nitrogens with two attached hydrogens (primary N) is 1. The van der Waals surface area contributed by atoms with Gasteiger partial charge >= 0.3 is 0 Å². The Morgan fingerprint density at radius 3 is 2.56 bits per heavy atom. The summed E-state index contributed by atoms with van der Waals surface area (Å²) in [5, 5.41) is 12.5. The molecule has 0 aromatic heterocycles. The Bertz CT molecular complexity index is 696. The van der Waals surface area contributed by atoms with E-state index in [1.807, 2.05) is 0 Å². The van der Waals surface area contributed by atoms with Gasteiger partial charge in [-0.05, 0) is 24.6 Å². The fourth-order valence-electron chi connectivity index (χ4n) is 3.65. The fourth-order valence-corrected chi connectivity index (χ4v) is 3.65. The molecule has 6 nitrogen and oxygen atoms in total. The molecule has 1 amide bonds. The van der Waals surface area contributed by atoms with E-state index in [0.29, 0.717) is 12.1 Å². The van der Waals surface area contributed by atoms with Gasteiger partial charge in [-0.25, -0.2) is 4.39 Å². The number of Topliss-reactive ketones (excluding diaryl/α,β-unsaturated/α-hetero) is 1. The maximum Gasteiger partial charge on any atom is 0.290 e. The van der Waals surface area contributed by atoms with E-state index in [0.717, 1.165) is 32.7 Å². The monoisotopic (exact) mass is 349 g/mol. The van der Waals surface area contributed by atoms with Crippen LogP contribution in [0.2, 0.25) is 0 Å². The molecular formula is C18H24FN3O3+2. The number of nitrogens with one attached hydrogen (secondary N) is 1. The van der Waals surface area contributed by atoms with E-state index >= 15 is 0 Å². The van der Waals surface area contributed by atoms with Crippen molar-refractivity contribution >= 4 is 11.7 Å². The summed E-state index contributed by atoms with van der Waals surface area (Å²) in [7, 11) is 0. The van der Waals surface area contributed by atoms with Crippen molar-refractivity contribution in [1.82, 2.24) is 4.90 Å². The molecule has 0 saturated carbocycles. The van der Waals surface area contributed by atoms with Crippen LogP contribution < -0.4 is 10.2 Å². The van der Waals surface area contributed by atoms with Crippen LogP contribution in [0.1, 0.15) is 18.5 Å². The van der Waals surface area contributed by atoms with Crippen molar-refractivity contribution in [3.05, 3.63) is 47.0 Å². The van der Waals surface area contributed by atoms with Crippen molar-refractivity contribution in [3.8, 4) is 0 Å². The van der Waals surface area contributed by atoms with Crippen molar-refractivity contribution < 1.29 is 29.3 Å². The van der Waals surface area contributed by atoms with Gasteiger partial charge in [0.25, 0.3) is 5.91 Å². The Kier molecular flexibility index (Phi) is 5.15. The van der Waals surface area contributed by atoms with E-state index in [9.17, 15) is 19.1 Å². The third-order valence-electron chi connectivity index (χ3n) is 4.98. The first kappa shape index (κ1) is 17.6. The summed E-state index contributed by atoms with van der Waals surface area (Å²) in [6.45, 7) is 6.72. The molecule has 0 aliphatic carbocycles. The molecule has 3 rings (SSSR count). The van der Waals surface area contributed by atoms with Crippen LogP contribution in [0.15, 0.2) is 35.6 Å². The normalized spacial score (nSPS) is 21.9. The molecule has 2 aliphatic heterocycles. The second kappa shape index (κ2) is 7.33. The number of hydrogen-bond acceptors (Lipinski definition) is 3. The first-order valence-corrected chi connectivity index (χ1v) is 8.64. The summed E-state index contributed by atoms with van der Waals surface area (Å²) in [6.07, 6.45) is 0. The Hall–Kier alpha value is -2.25. The minimum Gasteiger partial charge on any atom is -0.503 e. The Labute approximate surface area is 145 Å². The van der Waals surface area contributed by atoms with Crippen LogP contribution in [0.25, 0.3) is 0 Å². The molecule has 1 fully saturated rings. The number of halogens is 1. The van der Waals surface area contributed by atoms with Gasteiger partial charge < -0.3 is 20.2 Å². The number of quaternary nitrogens is 2. The molecule has 0 spiro atoms. The van der Waals surface area contributed by atoms with Crippen LogP contribution in [0.5, 0.6) is 0 Å². The van der Waals surface area contributed by atoms with Gasteiger partial charge in [-0.15, -0.1) is 0 Å². The molecule has 1 atom stereocenters. The summed E-state index contributed by atoms with van der Waals surface area (Å²) in [5.74, 6) is -1.74. The van der Waals surface area contributed by atoms with Gasteiger partial charge in [0.1, 0.15) is 32.0 Å². The van der Waals surface area contributed by atoms with Crippen molar-refractivity contribution in [2.24, 2.45) is 0 Å². The van der Waals surface area contributed by atoms with E-state index in [-0.39, 0.29) is 17.2 Å². The van der Waals surface area contributed by atoms with Gasteiger partial charge in [-0.2, -0.15) is 0 Å². The summed E-state index contributed by atoms with van der Waals surface area (Å²) in [4.78, 5) is 27.5. The molecule has 25 heavy (non-hydrogen) atoms. The van der Waals surface area contributed by atoms with Crippen molar-refractivity contribution in [2.45, 2.75) is 13.0 Å². The SMILES string of the molecule is CC(=O)C1=C(O)C(=O)N(CC[NH+]2CC[NH2+]CC2)[C@@H]1c1ccc(F)cc1. The number of rotatable bonds is 5. The Morgan fingerprint density at radius 1 is 1.32 bits per heavy atom. The average Bonchev–Trinajstić information content (AvgIpc) is 2.86. The van der Waals surface area contributed by atoms with E-state index in [4.69, 9.17) is 0 Å². The lowest BCUT2D eigenvalue weighted by molar-refractivity contribution is -0.946. The first-order valence-electron chi connectivity index (χ1n) is 8.64. The minimum atomic E-state index is -0.652. The molecule has 134 valence electrons. The van der Waals surface area contributed by atoms with Gasteiger partial charge in [0, 0.05) is 0 Å². The second-order valence-electron chi connectivity index (χ2n) is 6.64. The van der Waals surface area contributed by atoms with Crippen molar-refractivity contribution in [3.63, 3.8) is 0 Å². The minimum absolute atomic E-state index is 0.0959. The molecular weight excluding hydrogens is 325 g/mol. The lowest BCUT2D eigenvalue weighted by Crippen LogP contribution is -3.20. The number of aliphatic hydroxyl groups is 1. The molecule has 4 N–H and O–H groups in total. The molecule has 2 aliphatic rings. The quantitative estimate of drug-likeness (QED) is 0.610. The number of carbonyl (C=O) groups excluding carboxylic acids is 2. The zero-order valence-corrected chi connectivity index (χ0v) is 14.3. The van der Waals surface area contributed by atoms with Crippen LogP contribution in [0.3, 0.4) is 0 Å². The third-order valence-corrected chi connectivity index (χ3v) is 4.98. The largest absolute Gasteiger partial charge is 0.503 e. The van der Waals surface area contributed by atoms with Gasteiger partial charge in [0.15, 0.2) is 11.5 Å². The topological polar surface area (TPSA) is 78.7 Å². The lowest BCUT2D eigenvalue weighted by atomic mass is 9.97. The van der Waals surface area contributed by atoms with Gasteiger partial charge in [-0.1, -0.05) is 12.1 Å². The number of amides is 1. The molecule has 0 unspecified atom stereocenters. The number of aliphatic hydroxyl groups excluding tert-OH is 1. The maximum absolute atomic E-state index is 13.3. The highest BCUT2D eigenvalue weighted by molar-refractivity contribution is 6.08. The molecule has 0 radical (unpaired) electrons. The maximum atomic E-state index is 13.3. The number of hydrogen-bond donors (Lipinski definition) is 3. The number of ketones is 1. The lowest BCUT2D eigenvalue weighted by Gasteiger charge is -2.29. The van der Waals surface area contributed by atoms with E-state index in [1.54, 1.807) is 12.1 Å². The smallest absolute Gasteiger partial charge is 0.290 e. The zero-order chi connectivity index (χ0) is 18.0. The third kappa shape index (κ3) is 3.57. The second-order valence-corrected chi connectivity index (χ2v) is 6.64. The van der Waals surface area contributed by atoms with E-state index in [1.165, 1.54) is 28.9 Å². The van der Waals surface area contributed by atoms with Crippen LogP contribution in [0.4, 0.5) is 4.39 Å². The fraction of sp³-hybridized carbons (Fsp3) is 0.444. The van der Waals surface area contributed by atoms with Gasteiger partial charge in [0.05, 0.1) is 24.7 Å². The van der Waals surface area contributed by atoms with Crippen molar-refractivity contribution in [2.75, 3.05) is 39.3 Å². The van der Waals surface area contributed by atoms with Crippen LogP contribution in [0, 0.1) is 5.82 Å². The molecule has 7 heteroatoms. The number of piperazine rings is 1. The van der Waals surface area contributed by atoms with Crippen LogP contribution in [-0.4, -0.2) is 61.0 Å². The molecule has 2 heterocycles. The van der Waals surface area contributed by atoms with E-state index in [2.05, 4.69) is 5.32 Å². The van der Waals surface area contributed by atoms with Crippen LogP contribution >= 0.6 is 0 Å². The van der Waals surface area contributed by atoms with Crippen molar-refractivity contribution in [1.29, 1.82) is 0 Å². The standard InChI is InChI=1S/C18H22FN3O3/c1-12(23)15-16(13-2-4-14(19)5-3-13)22(18(25)17(15)24)11-10-21-8-6-20-7-9-21/h2-5,16,20,24H,6-11H2,1H3/p+2/t16-/m1/s1. The number of nitrogens with zero attached hydrogens (tertiary/aromatic N) is 1. The summed E-state index contributed by atoms with van der Waals surface area (Å²) in [6, 6.07) is 5.07. The highest BCUT2D eigenvalue weighted by Gasteiger charge is 2.42. The summed E-state index contributed by atoms with van der Waals surface area (Å²) < 4.78 is 13.3. The first-order chi connectivity index (χ1) is 12.0. The molecule has 1 saturated heterocycles. The Morgan fingerprint density at radius 2 is 1.96 bits per heavy atom. The zero-order valence-electron chi connectivity index (χ0n) is 14.3. The molecule has 1 aromatic rings. The van der Waals surface area contributed by atoms with Crippen LogP contribution in [-0.2, 0) is 9.59 Å². The highest BCUT2D eigenvalue weighted by atomic mass is 19.1. The molecule has 1 aromatic carbocycles. The Balaban J connectivity index is 1.85. The van der Waals surface area contributed by atoms with E-state index < -0.39 is 17.7 Å². The van der Waals surface area contributed by atoms with Gasteiger partial charge in [0.2, 0.25) is 0 Å². The molecule has 0 bridgehead atoms. The summed E-state index contributed by atoms with van der Waals surface area (Å²) in [5.41, 5.74) is 0.726. The summed E-state index contributed by atoms with van der Waals surface area (Å²) >= 11 is 0.